The molecule has 0 atom stereocenters. The summed E-state index contributed by atoms with van der Waals surface area (Å²) in [6, 6.07) is 1.57. The second kappa shape index (κ2) is 31.2. The molecule has 1 heteroatoms. The number of hydrogen-bond acceptors (Lipinski definition) is 0. The Hall–Kier alpha value is 0.217. The number of unbranched alkanes of at least 4 members (excludes halogenated alkanes) is 28. The Morgan fingerprint density at radius 1 is 0.265 bits per heavy atom. The lowest BCUT2D eigenvalue weighted by atomic mass is 10.0. The van der Waals surface area contributed by atoms with Crippen LogP contribution in [-0.2, 0) is 0 Å². The standard InChI is InChI=1S/C33H70Si/c1-4-5-6-7-8-9-10-11-12-13-14-15-16-17-18-19-20-21-22-23-24-25-26-27-28-29-30-31-32-33-34(2)3/h34H,4-33H2,1-3H3. The molecule has 34 heavy (non-hydrogen) atoms. The van der Waals surface area contributed by atoms with Crippen molar-refractivity contribution in [1.29, 1.82) is 0 Å². The molecule has 0 fully saturated rings. The predicted octanol–water partition coefficient (Wildman–Crippen LogP) is 12.8. The van der Waals surface area contributed by atoms with Gasteiger partial charge in [0, 0.05) is 8.80 Å². The minimum absolute atomic E-state index is 0.277. The fraction of sp³-hybridized carbons (Fsp3) is 1.00. The molecule has 0 aliphatic heterocycles. The summed E-state index contributed by atoms with van der Waals surface area (Å²) in [4.78, 5) is 0. The molecule has 0 bridgehead atoms. The smallest absolute Gasteiger partial charge is 0.0305 e. The van der Waals surface area contributed by atoms with E-state index in [0.717, 1.165) is 0 Å². The van der Waals surface area contributed by atoms with Gasteiger partial charge < -0.3 is 0 Å². The van der Waals surface area contributed by atoms with Gasteiger partial charge in [-0.15, -0.1) is 0 Å². The summed E-state index contributed by atoms with van der Waals surface area (Å²) in [6.45, 7) is 7.28. The Balaban J connectivity index is 3.00. The first-order chi connectivity index (χ1) is 16.8. The molecule has 0 aliphatic carbocycles. The zero-order valence-corrected chi connectivity index (χ0v) is 25.9. The highest BCUT2D eigenvalue weighted by molar-refractivity contribution is 6.55. The Morgan fingerprint density at radius 2 is 0.441 bits per heavy atom. The van der Waals surface area contributed by atoms with Crippen LogP contribution in [0.1, 0.15) is 193 Å². The molecule has 0 aromatic heterocycles. The first kappa shape index (κ1) is 34.2. The van der Waals surface area contributed by atoms with Gasteiger partial charge in [-0.1, -0.05) is 212 Å². The van der Waals surface area contributed by atoms with Crippen molar-refractivity contribution in [2.24, 2.45) is 0 Å². The van der Waals surface area contributed by atoms with E-state index in [0.29, 0.717) is 0 Å². The summed E-state index contributed by atoms with van der Waals surface area (Å²) in [6.07, 6.45) is 43.2. The van der Waals surface area contributed by atoms with Crippen LogP contribution < -0.4 is 0 Å². The second-order valence-electron chi connectivity index (χ2n) is 12.1. The van der Waals surface area contributed by atoms with Crippen molar-refractivity contribution in [1.82, 2.24) is 0 Å². The van der Waals surface area contributed by atoms with Crippen molar-refractivity contribution in [2.45, 2.75) is 212 Å². The van der Waals surface area contributed by atoms with Crippen LogP contribution in [0.4, 0.5) is 0 Å². The highest BCUT2D eigenvalue weighted by atomic mass is 28.3. The Kier molecular flexibility index (Phi) is 31.4. The number of hydrogen-bond donors (Lipinski definition) is 0. The van der Waals surface area contributed by atoms with Crippen molar-refractivity contribution >= 4 is 8.80 Å². The molecule has 0 saturated heterocycles. The minimum atomic E-state index is -0.277. The van der Waals surface area contributed by atoms with Crippen LogP contribution in [0.2, 0.25) is 19.1 Å². The van der Waals surface area contributed by atoms with Gasteiger partial charge in [0.1, 0.15) is 0 Å². The quantitative estimate of drug-likeness (QED) is 0.0687. The maximum absolute atomic E-state index is 2.49. The minimum Gasteiger partial charge on any atom is -0.0722 e. The van der Waals surface area contributed by atoms with Crippen molar-refractivity contribution in [3.8, 4) is 0 Å². The van der Waals surface area contributed by atoms with Gasteiger partial charge in [0.15, 0.2) is 0 Å². The van der Waals surface area contributed by atoms with Crippen molar-refractivity contribution in [2.75, 3.05) is 0 Å². The average Bonchev–Trinajstić information content (AvgIpc) is 2.83. The van der Waals surface area contributed by atoms with E-state index in [1.54, 1.807) is 6.04 Å². The average molecular weight is 495 g/mol. The van der Waals surface area contributed by atoms with Gasteiger partial charge in [-0.25, -0.2) is 0 Å². The Bertz CT molecular complexity index is 337. The first-order valence-electron chi connectivity index (χ1n) is 16.8. The summed E-state index contributed by atoms with van der Waals surface area (Å²) >= 11 is 0. The molecule has 0 heterocycles. The molecule has 0 radical (unpaired) electrons. The zero-order chi connectivity index (χ0) is 24.8. The summed E-state index contributed by atoms with van der Waals surface area (Å²) in [7, 11) is -0.277. The molecule has 0 aliphatic rings. The molecule has 0 N–H and O–H groups in total. The molecule has 0 amide bonds. The largest absolute Gasteiger partial charge is 0.0722 e. The molecule has 0 spiro atoms. The maximum Gasteiger partial charge on any atom is 0.0305 e. The third-order valence-electron chi connectivity index (χ3n) is 7.89. The van der Waals surface area contributed by atoms with Gasteiger partial charge in [-0.05, 0) is 0 Å². The highest BCUT2D eigenvalue weighted by Gasteiger charge is 1.98. The molecule has 206 valence electrons. The van der Waals surface area contributed by atoms with Gasteiger partial charge in [0.25, 0.3) is 0 Å². The normalized spacial score (nSPS) is 11.6. The van der Waals surface area contributed by atoms with Gasteiger partial charge in [-0.3, -0.25) is 0 Å². The van der Waals surface area contributed by atoms with Crippen LogP contribution in [0.5, 0.6) is 0 Å². The molecule has 0 nitrogen and oxygen atoms in total. The van der Waals surface area contributed by atoms with E-state index in [1.807, 2.05) is 0 Å². The van der Waals surface area contributed by atoms with E-state index in [1.165, 1.54) is 186 Å². The van der Waals surface area contributed by atoms with Crippen LogP contribution in [0.25, 0.3) is 0 Å². The van der Waals surface area contributed by atoms with Crippen molar-refractivity contribution in [3.63, 3.8) is 0 Å². The molecule has 0 aromatic rings. The highest BCUT2D eigenvalue weighted by Crippen LogP contribution is 2.16. The summed E-state index contributed by atoms with van der Waals surface area (Å²) in [5, 5.41) is 0. The fourth-order valence-corrected chi connectivity index (χ4v) is 6.50. The van der Waals surface area contributed by atoms with E-state index in [4.69, 9.17) is 0 Å². The molecule has 0 rings (SSSR count). The summed E-state index contributed by atoms with van der Waals surface area (Å²) in [5.41, 5.74) is 0. The Morgan fingerprint density at radius 3 is 0.618 bits per heavy atom. The predicted molar refractivity (Wildman–Crippen MR) is 163 cm³/mol. The van der Waals surface area contributed by atoms with Crippen LogP contribution in [0.15, 0.2) is 0 Å². The topological polar surface area (TPSA) is 0 Å². The summed E-state index contributed by atoms with van der Waals surface area (Å²) < 4.78 is 0. The van der Waals surface area contributed by atoms with Gasteiger partial charge in [0.05, 0.1) is 0 Å². The fourth-order valence-electron chi connectivity index (χ4n) is 5.40. The third-order valence-corrected chi connectivity index (χ3v) is 9.45. The van der Waals surface area contributed by atoms with E-state index >= 15 is 0 Å². The second-order valence-corrected chi connectivity index (χ2v) is 15.4. The third kappa shape index (κ3) is 32.2. The van der Waals surface area contributed by atoms with E-state index in [2.05, 4.69) is 20.0 Å². The van der Waals surface area contributed by atoms with E-state index < -0.39 is 0 Å². The molecular weight excluding hydrogens is 424 g/mol. The van der Waals surface area contributed by atoms with Crippen LogP contribution in [0, 0.1) is 0 Å². The summed E-state index contributed by atoms with van der Waals surface area (Å²) in [5.74, 6) is 0. The zero-order valence-electron chi connectivity index (χ0n) is 24.8. The van der Waals surface area contributed by atoms with Gasteiger partial charge in [-0.2, -0.15) is 0 Å². The lowest BCUT2D eigenvalue weighted by Gasteiger charge is -2.05. The molecule has 0 saturated carbocycles. The Labute approximate surface area is 220 Å². The molecular formula is C33H70Si. The SMILES string of the molecule is CCCCCCCCCCCCCCCCCCCCCCCCCCCCCCC[SiH](C)C. The monoisotopic (exact) mass is 495 g/mol. The molecule has 0 aromatic carbocycles. The molecule has 0 unspecified atom stereocenters. The maximum atomic E-state index is 2.49. The number of rotatable bonds is 30. The van der Waals surface area contributed by atoms with Crippen LogP contribution in [0.3, 0.4) is 0 Å². The van der Waals surface area contributed by atoms with Crippen molar-refractivity contribution < 1.29 is 0 Å². The van der Waals surface area contributed by atoms with E-state index in [-0.39, 0.29) is 8.80 Å². The van der Waals surface area contributed by atoms with Crippen LogP contribution in [-0.4, -0.2) is 8.80 Å². The van der Waals surface area contributed by atoms with Crippen LogP contribution >= 0.6 is 0 Å². The van der Waals surface area contributed by atoms with Crippen molar-refractivity contribution in [3.05, 3.63) is 0 Å². The first-order valence-corrected chi connectivity index (χ1v) is 19.9. The van der Waals surface area contributed by atoms with Gasteiger partial charge >= 0.3 is 0 Å². The van der Waals surface area contributed by atoms with E-state index in [9.17, 15) is 0 Å². The van der Waals surface area contributed by atoms with Gasteiger partial charge in [0.2, 0.25) is 0 Å². The lowest BCUT2D eigenvalue weighted by molar-refractivity contribution is 0.514. The lowest BCUT2D eigenvalue weighted by Crippen LogP contribution is -1.97.